The van der Waals surface area contributed by atoms with Crippen LogP contribution in [0.15, 0.2) is 0 Å². The molecule has 1 atom stereocenters. The summed E-state index contributed by atoms with van der Waals surface area (Å²) in [5, 5.41) is 0. The van der Waals surface area contributed by atoms with Gasteiger partial charge in [-0.2, -0.15) is 0 Å². The third-order valence-corrected chi connectivity index (χ3v) is 3.03. The van der Waals surface area contributed by atoms with Crippen LogP contribution in [0, 0.1) is 0 Å². The Hall–Kier alpha value is -0.610. The van der Waals surface area contributed by atoms with Crippen LogP contribution >= 0.6 is 0 Å². The van der Waals surface area contributed by atoms with Crippen molar-refractivity contribution in [2.75, 3.05) is 13.6 Å². The van der Waals surface area contributed by atoms with Gasteiger partial charge in [-0.1, -0.05) is 6.92 Å². The maximum Gasteiger partial charge on any atom is 0.238 e. The lowest BCUT2D eigenvalue weighted by Gasteiger charge is -2.38. The number of rotatable bonds is 5. The van der Waals surface area contributed by atoms with Gasteiger partial charge in [-0.05, 0) is 34.2 Å². The molecule has 14 heavy (non-hydrogen) atoms. The summed E-state index contributed by atoms with van der Waals surface area (Å²) in [4.78, 5) is 13.1. The maximum absolute atomic E-state index is 11.0. The van der Waals surface area contributed by atoms with Gasteiger partial charge in [0.25, 0.3) is 0 Å². The van der Waals surface area contributed by atoms with Crippen molar-refractivity contribution in [3.8, 4) is 0 Å². The minimum Gasteiger partial charge on any atom is -0.368 e. The van der Waals surface area contributed by atoms with Crippen molar-refractivity contribution in [2.24, 2.45) is 11.5 Å². The first kappa shape index (κ1) is 13.4. The van der Waals surface area contributed by atoms with Gasteiger partial charge in [0.2, 0.25) is 5.91 Å². The first-order valence-electron chi connectivity index (χ1n) is 4.93. The molecule has 1 amide bonds. The Balaban J connectivity index is 4.46. The highest BCUT2D eigenvalue weighted by Gasteiger charge is 2.32. The lowest BCUT2D eigenvalue weighted by molar-refractivity contribution is -0.123. The molecule has 0 fully saturated rings. The molecule has 0 aliphatic carbocycles. The van der Waals surface area contributed by atoms with E-state index in [1.54, 1.807) is 6.92 Å². The molecule has 0 saturated carbocycles. The SMILES string of the molecule is CCC(C)(C)N(C)CC(C)(N)C(N)=O. The summed E-state index contributed by atoms with van der Waals surface area (Å²) in [5.74, 6) is -0.462. The smallest absolute Gasteiger partial charge is 0.238 e. The molecule has 4 N–H and O–H groups in total. The summed E-state index contributed by atoms with van der Waals surface area (Å²) in [6, 6.07) is 0. The minimum atomic E-state index is -0.957. The van der Waals surface area contributed by atoms with Crippen molar-refractivity contribution in [3.63, 3.8) is 0 Å². The second kappa shape index (κ2) is 4.28. The number of carbonyl (C=O) groups excluding carboxylic acids is 1. The van der Waals surface area contributed by atoms with Gasteiger partial charge in [0.15, 0.2) is 0 Å². The number of nitrogens with zero attached hydrogens (tertiary/aromatic N) is 1. The molecule has 84 valence electrons. The summed E-state index contributed by atoms with van der Waals surface area (Å²) in [7, 11) is 1.96. The van der Waals surface area contributed by atoms with E-state index in [9.17, 15) is 4.79 Å². The van der Waals surface area contributed by atoms with Gasteiger partial charge >= 0.3 is 0 Å². The maximum atomic E-state index is 11.0. The molecule has 0 heterocycles. The lowest BCUT2D eigenvalue weighted by atomic mass is 9.95. The fourth-order valence-corrected chi connectivity index (χ4v) is 1.05. The minimum absolute atomic E-state index is 0.0378. The third kappa shape index (κ3) is 3.27. The van der Waals surface area contributed by atoms with E-state index < -0.39 is 11.4 Å². The second-order valence-electron chi connectivity index (χ2n) is 4.80. The summed E-state index contributed by atoms with van der Waals surface area (Å²) in [6.45, 7) is 8.48. The van der Waals surface area contributed by atoms with Crippen molar-refractivity contribution in [1.82, 2.24) is 4.90 Å². The zero-order valence-corrected chi connectivity index (χ0v) is 9.92. The van der Waals surface area contributed by atoms with E-state index in [1.807, 2.05) is 7.05 Å². The summed E-state index contributed by atoms with van der Waals surface area (Å²) >= 11 is 0. The van der Waals surface area contributed by atoms with Gasteiger partial charge in [0, 0.05) is 12.1 Å². The van der Waals surface area contributed by atoms with Crippen LogP contribution in [0.1, 0.15) is 34.1 Å². The lowest BCUT2D eigenvalue weighted by Crippen LogP contribution is -2.59. The molecule has 0 radical (unpaired) electrons. The summed E-state index contributed by atoms with van der Waals surface area (Å²) < 4.78 is 0. The van der Waals surface area contributed by atoms with Gasteiger partial charge in [0.05, 0.1) is 0 Å². The summed E-state index contributed by atoms with van der Waals surface area (Å²) in [5.41, 5.74) is 10.1. The van der Waals surface area contributed by atoms with Crippen LogP contribution in [-0.4, -0.2) is 35.5 Å². The number of amides is 1. The number of hydrogen-bond donors (Lipinski definition) is 2. The predicted octanol–water partition coefficient (Wildman–Crippen LogP) is 0.310. The predicted molar refractivity (Wildman–Crippen MR) is 58.8 cm³/mol. The molecule has 0 spiro atoms. The van der Waals surface area contributed by atoms with Crippen molar-refractivity contribution < 1.29 is 4.79 Å². The van der Waals surface area contributed by atoms with Gasteiger partial charge in [-0.15, -0.1) is 0 Å². The Morgan fingerprint density at radius 3 is 2.07 bits per heavy atom. The Morgan fingerprint density at radius 2 is 1.79 bits per heavy atom. The molecule has 0 aromatic carbocycles. The Morgan fingerprint density at radius 1 is 1.36 bits per heavy atom. The second-order valence-corrected chi connectivity index (χ2v) is 4.80. The highest BCUT2D eigenvalue weighted by Crippen LogP contribution is 2.18. The zero-order chi connectivity index (χ0) is 11.6. The number of nitrogens with two attached hydrogens (primary N) is 2. The van der Waals surface area contributed by atoms with Crippen LogP contribution in [0.5, 0.6) is 0 Å². The molecule has 0 aromatic heterocycles. The van der Waals surface area contributed by atoms with E-state index in [-0.39, 0.29) is 5.54 Å². The number of carbonyl (C=O) groups is 1. The van der Waals surface area contributed by atoms with Crippen LogP contribution in [0.25, 0.3) is 0 Å². The molecule has 4 heteroatoms. The van der Waals surface area contributed by atoms with Crippen molar-refractivity contribution in [1.29, 1.82) is 0 Å². The average molecular weight is 201 g/mol. The topological polar surface area (TPSA) is 72.3 Å². The molecular weight excluding hydrogens is 178 g/mol. The average Bonchev–Trinajstić information content (AvgIpc) is 2.03. The molecule has 4 nitrogen and oxygen atoms in total. The van der Waals surface area contributed by atoms with Gasteiger partial charge < -0.3 is 11.5 Å². The van der Waals surface area contributed by atoms with Gasteiger partial charge in [-0.25, -0.2) is 0 Å². The highest BCUT2D eigenvalue weighted by molar-refractivity contribution is 5.84. The number of likely N-dealkylation sites (N-methyl/N-ethyl adjacent to an activating group) is 1. The van der Waals surface area contributed by atoms with Crippen LogP contribution in [0.3, 0.4) is 0 Å². The van der Waals surface area contributed by atoms with Crippen LogP contribution in [0.4, 0.5) is 0 Å². The van der Waals surface area contributed by atoms with E-state index in [1.165, 1.54) is 0 Å². The fraction of sp³-hybridized carbons (Fsp3) is 0.900. The first-order valence-corrected chi connectivity index (χ1v) is 4.93. The molecule has 0 bridgehead atoms. The number of hydrogen-bond acceptors (Lipinski definition) is 3. The standard InChI is InChI=1S/C10H23N3O/c1-6-9(2,3)13(5)7-10(4,12)8(11)14/h6-7,12H2,1-5H3,(H2,11,14). The zero-order valence-electron chi connectivity index (χ0n) is 9.92. The number of primary amides is 1. The van der Waals surface area contributed by atoms with E-state index in [4.69, 9.17) is 11.5 Å². The Kier molecular flexibility index (Phi) is 4.09. The highest BCUT2D eigenvalue weighted by atomic mass is 16.1. The van der Waals surface area contributed by atoms with E-state index in [2.05, 4.69) is 25.7 Å². The normalized spacial score (nSPS) is 16.8. The largest absolute Gasteiger partial charge is 0.368 e. The monoisotopic (exact) mass is 201 g/mol. The Bertz CT molecular complexity index is 211. The van der Waals surface area contributed by atoms with Gasteiger partial charge in [0.1, 0.15) is 5.54 Å². The molecule has 0 aromatic rings. The molecule has 1 unspecified atom stereocenters. The van der Waals surface area contributed by atoms with E-state index >= 15 is 0 Å². The fourth-order valence-electron chi connectivity index (χ4n) is 1.05. The van der Waals surface area contributed by atoms with Crippen molar-refractivity contribution >= 4 is 5.91 Å². The molecule has 0 aliphatic rings. The van der Waals surface area contributed by atoms with Crippen LogP contribution in [0.2, 0.25) is 0 Å². The van der Waals surface area contributed by atoms with Crippen molar-refractivity contribution in [3.05, 3.63) is 0 Å². The first-order chi connectivity index (χ1) is 6.13. The molecule has 0 saturated heterocycles. The molecular formula is C10H23N3O. The quantitative estimate of drug-likeness (QED) is 0.672. The van der Waals surface area contributed by atoms with Crippen molar-refractivity contribution in [2.45, 2.75) is 45.2 Å². The summed E-state index contributed by atoms with van der Waals surface area (Å²) in [6.07, 6.45) is 0.998. The molecule has 0 rings (SSSR count). The van der Waals surface area contributed by atoms with Crippen LogP contribution < -0.4 is 11.5 Å². The Labute approximate surface area is 86.6 Å². The third-order valence-electron chi connectivity index (χ3n) is 3.03. The molecule has 0 aliphatic heterocycles. The van der Waals surface area contributed by atoms with E-state index in [0.717, 1.165) is 6.42 Å². The van der Waals surface area contributed by atoms with Gasteiger partial charge in [-0.3, -0.25) is 9.69 Å². The van der Waals surface area contributed by atoms with E-state index in [0.29, 0.717) is 6.54 Å². The van der Waals surface area contributed by atoms with Crippen LogP contribution in [-0.2, 0) is 4.79 Å².